The van der Waals surface area contributed by atoms with E-state index in [-0.39, 0.29) is 30.3 Å². The van der Waals surface area contributed by atoms with Crippen LogP contribution in [0.5, 0.6) is 0 Å². The number of nitrogens with zero attached hydrogens (tertiary/aromatic N) is 2. The Morgan fingerprint density at radius 1 is 0.939 bits per heavy atom. The van der Waals surface area contributed by atoms with Gasteiger partial charge in [0.05, 0.1) is 24.5 Å². The second kappa shape index (κ2) is 12.2. The molecule has 0 aliphatic carbocycles. The Morgan fingerprint density at radius 3 is 2.30 bits per heavy atom. The summed E-state index contributed by atoms with van der Waals surface area (Å²) in [6, 6.07) is 2.03. The van der Waals surface area contributed by atoms with Crippen LogP contribution < -0.4 is 0 Å². The molecule has 1 aliphatic rings. The smallest absolute Gasteiger partial charge is 0.195 e. The summed E-state index contributed by atoms with van der Waals surface area (Å²) in [4.78, 5) is 6.06. The Balaban J connectivity index is 1.31. The number of thiazole rings is 1. The van der Waals surface area contributed by atoms with E-state index in [9.17, 15) is 33.6 Å². The summed E-state index contributed by atoms with van der Waals surface area (Å²) >= 11 is 1.13. The number of β-amino-alcohol motifs (C(OH)–C–C–N with tert-alkyl or cyclic N) is 2. The molecule has 1 aromatic carbocycles. The summed E-state index contributed by atoms with van der Waals surface area (Å²) in [6.07, 6.45) is -1.44. The van der Waals surface area contributed by atoms with Crippen molar-refractivity contribution >= 4 is 11.3 Å². The Kier molecular flexibility index (Phi) is 9.62. The van der Waals surface area contributed by atoms with Crippen molar-refractivity contribution in [1.82, 2.24) is 9.88 Å². The fourth-order valence-electron chi connectivity index (χ4n) is 3.72. The monoisotopic (exact) mass is 490 g/mol. The van der Waals surface area contributed by atoms with Crippen molar-refractivity contribution in [3.8, 4) is 10.6 Å². The van der Waals surface area contributed by atoms with Crippen molar-refractivity contribution in [2.45, 2.75) is 56.7 Å². The van der Waals surface area contributed by atoms with Gasteiger partial charge in [0.25, 0.3) is 0 Å². The van der Waals surface area contributed by atoms with Crippen LogP contribution in [0.25, 0.3) is 10.6 Å². The van der Waals surface area contributed by atoms with Crippen LogP contribution in [-0.4, -0.2) is 81.0 Å². The van der Waals surface area contributed by atoms with Crippen LogP contribution in [0.3, 0.4) is 0 Å². The number of halogens is 3. The van der Waals surface area contributed by atoms with Gasteiger partial charge in [-0.2, -0.15) is 0 Å². The van der Waals surface area contributed by atoms with Gasteiger partial charge >= 0.3 is 0 Å². The fourth-order valence-corrected chi connectivity index (χ4v) is 4.54. The van der Waals surface area contributed by atoms with Crippen molar-refractivity contribution in [3.05, 3.63) is 40.7 Å². The van der Waals surface area contributed by atoms with E-state index in [4.69, 9.17) is 4.74 Å². The van der Waals surface area contributed by atoms with E-state index in [0.717, 1.165) is 49.2 Å². The predicted molar refractivity (Wildman–Crippen MR) is 116 cm³/mol. The SMILES string of the molecule is O[C@H]1[C@H](O)[C@@H](O)CN(CCCCCCOCc2csc(-c3ccc(F)c(F)c3F)n2)C[C@@H]1O. The van der Waals surface area contributed by atoms with E-state index in [1.54, 1.807) is 5.38 Å². The van der Waals surface area contributed by atoms with Crippen molar-refractivity contribution in [3.63, 3.8) is 0 Å². The third kappa shape index (κ3) is 6.95. The van der Waals surface area contributed by atoms with Gasteiger partial charge in [-0.3, -0.25) is 4.90 Å². The number of aliphatic hydroxyl groups excluding tert-OH is 4. The minimum absolute atomic E-state index is 0.0846. The maximum Gasteiger partial charge on any atom is 0.195 e. The molecule has 1 aromatic heterocycles. The highest BCUT2D eigenvalue weighted by atomic mass is 32.1. The van der Waals surface area contributed by atoms with Gasteiger partial charge < -0.3 is 25.2 Å². The topological polar surface area (TPSA) is 106 Å². The maximum atomic E-state index is 13.9. The lowest BCUT2D eigenvalue weighted by atomic mass is 10.1. The highest BCUT2D eigenvalue weighted by molar-refractivity contribution is 7.13. The molecule has 3 rings (SSSR count). The van der Waals surface area contributed by atoms with Gasteiger partial charge in [-0.15, -0.1) is 11.3 Å². The average molecular weight is 491 g/mol. The summed E-state index contributed by atoms with van der Waals surface area (Å²) in [5, 5.41) is 41.2. The highest BCUT2D eigenvalue weighted by Crippen LogP contribution is 2.29. The van der Waals surface area contributed by atoms with Gasteiger partial charge in [-0.25, -0.2) is 18.2 Å². The molecule has 1 saturated heterocycles. The molecular weight excluding hydrogens is 461 g/mol. The van der Waals surface area contributed by atoms with Crippen LogP contribution in [0.15, 0.2) is 17.5 Å². The Hall–Kier alpha value is -1.60. The van der Waals surface area contributed by atoms with E-state index in [0.29, 0.717) is 18.8 Å². The zero-order valence-electron chi connectivity index (χ0n) is 18.0. The third-order valence-corrected chi connectivity index (χ3v) is 6.53. The predicted octanol–water partition coefficient (Wildman–Crippen LogP) is 2.06. The number of rotatable bonds is 10. The van der Waals surface area contributed by atoms with Gasteiger partial charge in [0.15, 0.2) is 17.5 Å². The van der Waals surface area contributed by atoms with Gasteiger partial charge in [-0.05, 0) is 31.5 Å². The molecule has 184 valence electrons. The summed E-state index contributed by atoms with van der Waals surface area (Å²) in [7, 11) is 0. The van der Waals surface area contributed by atoms with Crippen LogP contribution >= 0.6 is 11.3 Å². The molecule has 1 fully saturated rings. The molecule has 11 heteroatoms. The molecule has 4 N–H and O–H groups in total. The molecule has 4 atom stereocenters. The van der Waals surface area contributed by atoms with Crippen molar-refractivity contribution in [2.75, 3.05) is 26.2 Å². The van der Waals surface area contributed by atoms with Crippen molar-refractivity contribution in [2.24, 2.45) is 0 Å². The molecule has 2 heterocycles. The molecule has 33 heavy (non-hydrogen) atoms. The molecule has 1 aliphatic heterocycles. The van der Waals surface area contributed by atoms with E-state index >= 15 is 0 Å². The number of unbranched alkanes of at least 4 members (excludes halogenated alkanes) is 3. The first kappa shape index (κ1) is 26.0. The molecule has 0 unspecified atom stereocenters. The lowest BCUT2D eigenvalue weighted by Crippen LogP contribution is -2.43. The van der Waals surface area contributed by atoms with Gasteiger partial charge in [-0.1, -0.05) is 12.8 Å². The Bertz CT molecular complexity index is 887. The maximum absolute atomic E-state index is 13.9. The third-order valence-electron chi connectivity index (χ3n) is 5.61. The molecular formula is C22H29F3N2O5S. The number of hydrogen-bond donors (Lipinski definition) is 4. The number of aliphatic hydroxyl groups is 4. The summed E-state index contributed by atoms with van der Waals surface area (Å²) < 4.78 is 46.0. The molecule has 0 saturated carbocycles. The number of benzene rings is 1. The first-order valence-corrected chi connectivity index (χ1v) is 11.8. The highest BCUT2D eigenvalue weighted by Gasteiger charge is 2.35. The van der Waals surface area contributed by atoms with Gasteiger partial charge in [0, 0.05) is 30.6 Å². The zero-order valence-corrected chi connectivity index (χ0v) is 18.9. The molecule has 0 spiro atoms. The van der Waals surface area contributed by atoms with Crippen LogP contribution in [0.1, 0.15) is 31.4 Å². The quantitative estimate of drug-likeness (QED) is 0.298. The van der Waals surface area contributed by atoms with Crippen LogP contribution in [0, 0.1) is 17.5 Å². The second-order valence-electron chi connectivity index (χ2n) is 8.21. The normalized spacial score (nSPS) is 24.2. The minimum Gasteiger partial charge on any atom is -0.389 e. The van der Waals surface area contributed by atoms with Gasteiger partial charge in [0.2, 0.25) is 0 Å². The van der Waals surface area contributed by atoms with E-state index < -0.39 is 41.9 Å². The number of aromatic nitrogens is 1. The lowest BCUT2D eigenvalue weighted by molar-refractivity contribution is -0.0894. The van der Waals surface area contributed by atoms with Crippen LogP contribution in [-0.2, 0) is 11.3 Å². The molecule has 2 aromatic rings. The van der Waals surface area contributed by atoms with Gasteiger partial charge in [0.1, 0.15) is 17.2 Å². The summed E-state index contributed by atoms with van der Waals surface area (Å²) in [6.45, 7) is 1.77. The molecule has 0 amide bonds. The van der Waals surface area contributed by atoms with E-state index in [1.165, 1.54) is 0 Å². The Morgan fingerprint density at radius 2 is 1.61 bits per heavy atom. The lowest BCUT2D eigenvalue weighted by Gasteiger charge is -2.23. The first-order valence-electron chi connectivity index (χ1n) is 10.9. The van der Waals surface area contributed by atoms with Crippen LogP contribution in [0.4, 0.5) is 13.2 Å². The van der Waals surface area contributed by atoms with Crippen molar-refractivity contribution < 1.29 is 38.3 Å². The Labute approximate surface area is 194 Å². The molecule has 0 bridgehead atoms. The van der Waals surface area contributed by atoms with E-state index in [1.807, 2.05) is 4.90 Å². The zero-order chi connectivity index (χ0) is 24.0. The minimum atomic E-state index is -1.51. The summed E-state index contributed by atoms with van der Waals surface area (Å²) in [5.74, 6) is -4.01. The number of hydrogen-bond acceptors (Lipinski definition) is 8. The first-order chi connectivity index (χ1) is 15.8. The fraction of sp³-hybridized carbons (Fsp3) is 0.591. The average Bonchev–Trinajstić information content (AvgIpc) is 3.23. The van der Waals surface area contributed by atoms with Crippen molar-refractivity contribution in [1.29, 1.82) is 0 Å². The number of ether oxygens (including phenoxy) is 1. The second-order valence-corrected chi connectivity index (χ2v) is 9.07. The molecule has 0 radical (unpaired) electrons. The summed E-state index contributed by atoms with van der Waals surface area (Å²) in [5.41, 5.74) is 0.500. The standard InChI is InChI=1S/C22H29F3N2O5S/c23-15-6-5-14(18(24)19(15)25)22-26-13(12-33-22)11-32-8-4-2-1-3-7-27-9-16(28)20(30)21(31)17(29)10-27/h5-6,12,16-17,20-21,28-31H,1-4,7-11H2/t16-,17-,20+,21+/m0/s1. The molecule has 7 nitrogen and oxygen atoms in total. The van der Waals surface area contributed by atoms with E-state index in [2.05, 4.69) is 4.98 Å². The van der Waals surface area contributed by atoms with Crippen LogP contribution in [0.2, 0.25) is 0 Å². The number of likely N-dealkylation sites (tertiary alicyclic amines) is 1. The largest absolute Gasteiger partial charge is 0.389 e.